The monoisotopic (exact) mass is 494 g/mol. The number of nitrogens with zero attached hydrogens (tertiary/aromatic N) is 2. The molecule has 0 bridgehead atoms. The molecule has 39 heavy (non-hydrogen) atoms. The molecule has 0 unspecified atom stereocenters. The van der Waals surface area contributed by atoms with Crippen LogP contribution < -0.4 is 15.7 Å². The topological polar surface area (TPSA) is 8.17 Å². The highest BCUT2D eigenvalue weighted by molar-refractivity contribution is 6.94. The minimum Gasteiger partial charge on any atom is -0.376 e. The van der Waals surface area contributed by atoms with Gasteiger partial charge in [0.2, 0.25) is 0 Å². The zero-order chi connectivity index (χ0) is 25.5. The Balaban J connectivity index is 1.49. The van der Waals surface area contributed by atoms with E-state index in [0.29, 0.717) is 0 Å². The molecule has 7 aromatic rings. The van der Waals surface area contributed by atoms with Crippen LogP contribution in [0.3, 0.4) is 0 Å². The van der Waals surface area contributed by atoms with E-state index >= 15 is 0 Å². The van der Waals surface area contributed by atoms with Gasteiger partial charge in [-0.25, -0.2) is 0 Å². The lowest BCUT2D eigenvalue weighted by Crippen LogP contribution is -2.59. The molecule has 0 atom stereocenters. The molecular formula is C36H23BN2. The Morgan fingerprint density at radius 2 is 1.05 bits per heavy atom. The SMILES string of the molecule is c1ccc(-n2c3ccccc3c3c4c(ccc32)-c2ccccc2N2B4c3ccccc3-c3ccccc32)cc1. The first kappa shape index (κ1) is 21.0. The van der Waals surface area contributed by atoms with Crippen molar-refractivity contribution in [3.63, 3.8) is 0 Å². The Kier molecular flexibility index (Phi) is 4.17. The van der Waals surface area contributed by atoms with E-state index in [-0.39, 0.29) is 6.85 Å². The number of aromatic nitrogens is 1. The van der Waals surface area contributed by atoms with Gasteiger partial charge >= 0.3 is 6.85 Å². The third kappa shape index (κ3) is 2.72. The van der Waals surface area contributed by atoms with Crippen molar-refractivity contribution in [3.8, 4) is 27.9 Å². The van der Waals surface area contributed by atoms with E-state index in [1.807, 2.05) is 0 Å². The maximum absolute atomic E-state index is 2.59. The third-order valence-corrected chi connectivity index (χ3v) is 8.59. The maximum atomic E-state index is 2.59. The molecule has 2 nitrogen and oxygen atoms in total. The van der Waals surface area contributed by atoms with Crippen LogP contribution in [-0.2, 0) is 0 Å². The number of hydrogen-bond donors (Lipinski definition) is 0. The van der Waals surface area contributed by atoms with Gasteiger partial charge in [-0.3, -0.25) is 0 Å². The highest BCUT2D eigenvalue weighted by atomic mass is 15.1. The lowest BCUT2D eigenvalue weighted by atomic mass is 9.42. The van der Waals surface area contributed by atoms with Crippen molar-refractivity contribution in [2.45, 2.75) is 0 Å². The highest BCUT2D eigenvalue weighted by Gasteiger charge is 2.43. The second-order valence-corrected chi connectivity index (χ2v) is 10.5. The summed E-state index contributed by atoms with van der Waals surface area (Å²) in [5, 5.41) is 2.63. The van der Waals surface area contributed by atoms with Gasteiger partial charge in [0.1, 0.15) is 0 Å². The van der Waals surface area contributed by atoms with Crippen molar-refractivity contribution < 1.29 is 0 Å². The second-order valence-electron chi connectivity index (χ2n) is 10.5. The van der Waals surface area contributed by atoms with Crippen molar-refractivity contribution in [3.05, 3.63) is 140 Å². The normalized spacial score (nSPS) is 13.0. The van der Waals surface area contributed by atoms with E-state index in [1.54, 1.807) is 0 Å². The molecule has 0 amide bonds. The summed E-state index contributed by atoms with van der Waals surface area (Å²) in [5.41, 5.74) is 14.2. The summed E-state index contributed by atoms with van der Waals surface area (Å²) in [6.07, 6.45) is 0. The molecule has 3 heteroatoms. The largest absolute Gasteiger partial charge is 0.376 e. The van der Waals surface area contributed by atoms with Crippen LogP contribution in [0.1, 0.15) is 0 Å². The van der Waals surface area contributed by atoms with Crippen molar-refractivity contribution in [1.29, 1.82) is 0 Å². The van der Waals surface area contributed by atoms with Crippen LogP contribution in [0.5, 0.6) is 0 Å². The molecule has 9 rings (SSSR count). The average Bonchev–Trinajstić information content (AvgIpc) is 3.36. The quantitative estimate of drug-likeness (QED) is 0.213. The summed E-state index contributed by atoms with van der Waals surface area (Å²) in [4.78, 5) is 2.59. The van der Waals surface area contributed by atoms with Gasteiger partial charge in [0.15, 0.2) is 0 Å². The number of rotatable bonds is 1. The van der Waals surface area contributed by atoms with E-state index in [4.69, 9.17) is 0 Å². The molecular weight excluding hydrogens is 471 g/mol. The zero-order valence-electron chi connectivity index (χ0n) is 21.3. The molecule has 180 valence electrons. The second kappa shape index (κ2) is 7.75. The molecule has 0 N–H and O–H groups in total. The zero-order valence-corrected chi connectivity index (χ0v) is 21.3. The molecule has 6 aromatic carbocycles. The lowest BCUT2D eigenvalue weighted by Gasteiger charge is -2.43. The predicted molar refractivity (Wildman–Crippen MR) is 165 cm³/mol. The molecule has 3 heterocycles. The summed E-state index contributed by atoms with van der Waals surface area (Å²) in [5.74, 6) is 0. The van der Waals surface area contributed by atoms with Gasteiger partial charge in [-0.1, -0.05) is 103 Å². The summed E-state index contributed by atoms with van der Waals surface area (Å²) in [7, 11) is 0. The summed E-state index contributed by atoms with van der Waals surface area (Å²) < 4.78 is 2.43. The standard InChI is InChI=1S/C36H23BN2/c1-2-12-24(13-3-1)38-31-19-9-7-17-29(31)35-34(38)23-22-28-27-16-6-11-21-33(27)39-32-20-10-5-15-26(32)25-14-4-8-18-30(25)37(39)36(28)35/h1-23H. The Bertz CT molecular complexity index is 2090. The van der Waals surface area contributed by atoms with Crippen molar-refractivity contribution in [2.75, 3.05) is 4.81 Å². The van der Waals surface area contributed by atoms with E-state index in [0.717, 1.165) is 0 Å². The van der Waals surface area contributed by atoms with E-state index < -0.39 is 0 Å². The van der Waals surface area contributed by atoms with Gasteiger partial charge in [0, 0.05) is 39.0 Å². The summed E-state index contributed by atoms with van der Waals surface area (Å²) in [6.45, 7) is 0.0692. The van der Waals surface area contributed by atoms with Crippen molar-refractivity contribution in [2.24, 2.45) is 0 Å². The molecule has 2 aliphatic heterocycles. The average molecular weight is 494 g/mol. The molecule has 0 fully saturated rings. The van der Waals surface area contributed by atoms with Crippen LogP contribution in [-0.4, -0.2) is 11.4 Å². The molecule has 0 spiro atoms. The number of hydrogen-bond acceptors (Lipinski definition) is 1. The molecule has 2 aliphatic rings. The van der Waals surface area contributed by atoms with Gasteiger partial charge < -0.3 is 9.38 Å². The van der Waals surface area contributed by atoms with E-state index in [2.05, 4.69) is 149 Å². The highest BCUT2D eigenvalue weighted by Crippen LogP contribution is 2.47. The van der Waals surface area contributed by atoms with Gasteiger partial charge in [-0.2, -0.15) is 0 Å². The third-order valence-electron chi connectivity index (χ3n) is 8.59. The van der Waals surface area contributed by atoms with E-state index in [1.165, 1.54) is 72.0 Å². The number of fused-ring (bicyclic) bond motifs is 15. The van der Waals surface area contributed by atoms with Gasteiger partial charge in [0.05, 0.1) is 11.0 Å². The van der Waals surface area contributed by atoms with Gasteiger partial charge in [0.25, 0.3) is 0 Å². The minimum absolute atomic E-state index is 0.0692. The maximum Gasteiger partial charge on any atom is 0.330 e. The Labute approximate surface area is 227 Å². The first-order valence-electron chi connectivity index (χ1n) is 13.6. The van der Waals surface area contributed by atoms with E-state index in [9.17, 15) is 0 Å². The van der Waals surface area contributed by atoms with Gasteiger partial charge in [-0.15, -0.1) is 0 Å². The fraction of sp³-hybridized carbons (Fsp3) is 0. The van der Waals surface area contributed by atoms with Crippen LogP contribution in [0.4, 0.5) is 11.4 Å². The van der Waals surface area contributed by atoms with Crippen molar-refractivity contribution >= 4 is 51.0 Å². The Morgan fingerprint density at radius 3 is 1.85 bits per heavy atom. The fourth-order valence-electron chi connectivity index (χ4n) is 7.10. The smallest absolute Gasteiger partial charge is 0.330 e. The number of anilines is 2. The van der Waals surface area contributed by atoms with Crippen LogP contribution >= 0.6 is 0 Å². The number of para-hydroxylation sites is 4. The fourth-order valence-corrected chi connectivity index (χ4v) is 7.10. The van der Waals surface area contributed by atoms with Crippen LogP contribution in [0.15, 0.2) is 140 Å². The summed E-state index contributed by atoms with van der Waals surface area (Å²) >= 11 is 0. The molecule has 0 saturated heterocycles. The minimum atomic E-state index is 0.0692. The first-order chi connectivity index (χ1) is 19.4. The lowest BCUT2D eigenvalue weighted by molar-refractivity contribution is 1.18. The molecule has 0 saturated carbocycles. The molecule has 0 aliphatic carbocycles. The van der Waals surface area contributed by atoms with Crippen LogP contribution in [0.2, 0.25) is 0 Å². The Morgan fingerprint density at radius 1 is 0.436 bits per heavy atom. The summed E-state index contributed by atoms with van der Waals surface area (Å²) in [6, 6.07) is 51.1. The van der Waals surface area contributed by atoms with Crippen molar-refractivity contribution in [1.82, 2.24) is 4.57 Å². The van der Waals surface area contributed by atoms with Crippen LogP contribution in [0.25, 0.3) is 49.7 Å². The molecule has 0 radical (unpaired) electrons. The first-order valence-corrected chi connectivity index (χ1v) is 13.6. The number of benzene rings is 6. The van der Waals surface area contributed by atoms with Crippen LogP contribution in [0, 0.1) is 0 Å². The predicted octanol–water partition coefficient (Wildman–Crippen LogP) is 7.69. The molecule has 1 aromatic heterocycles. The Hall–Kier alpha value is -5.02. The van der Waals surface area contributed by atoms with Gasteiger partial charge in [-0.05, 0) is 58.5 Å².